The highest BCUT2D eigenvalue weighted by molar-refractivity contribution is 5.89. The minimum atomic E-state index is -0.307. The molecule has 1 aliphatic carbocycles. The number of benzene rings is 2. The van der Waals surface area contributed by atoms with Crippen LogP contribution in [-0.2, 0) is 16.1 Å². The molecule has 6 heteroatoms. The summed E-state index contributed by atoms with van der Waals surface area (Å²) in [5, 5.41) is 2.93. The molecule has 1 aliphatic heterocycles. The topological polar surface area (TPSA) is 58.6 Å². The minimum absolute atomic E-state index is 0.0710. The van der Waals surface area contributed by atoms with Crippen molar-refractivity contribution in [3.8, 4) is 11.5 Å². The maximum absolute atomic E-state index is 12.9. The van der Waals surface area contributed by atoms with Crippen LogP contribution in [0.15, 0.2) is 48.5 Å². The third-order valence-electron chi connectivity index (χ3n) is 5.20. The van der Waals surface area contributed by atoms with Gasteiger partial charge in [-0.1, -0.05) is 12.1 Å². The van der Waals surface area contributed by atoms with Gasteiger partial charge in [0.15, 0.2) is 0 Å². The van der Waals surface area contributed by atoms with E-state index in [0.717, 1.165) is 12.1 Å². The maximum atomic E-state index is 12.9. The van der Waals surface area contributed by atoms with Crippen molar-refractivity contribution in [3.05, 3.63) is 59.9 Å². The standard InChI is InChI=1S/C22H23FN2O3/c23-18-5-9-20(10-6-18)28-19-7-3-15(4-8-19)12-24-22(27)17-11-21(26)25(14-17)13-16-1-2-16/h3-10,16-17H,1-2,11-14H2,(H,24,27). The van der Waals surface area contributed by atoms with Gasteiger partial charge in [-0.3, -0.25) is 9.59 Å². The summed E-state index contributed by atoms with van der Waals surface area (Å²) in [6, 6.07) is 13.2. The molecule has 2 fully saturated rings. The molecule has 1 unspecified atom stereocenters. The summed E-state index contributed by atoms with van der Waals surface area (Å²) in [6.45, 7) is 1.74. The molecule has 2 amide bonds. The number of nitrogens with one attached hydrogen (secondary N) is 1. The smallest absolute Gasteiger partial charge is 0.225 e. The minimum Gasteiger partial charge on any atom is -0.457 e. The van der Waals surface area contributed by atoms with Crippen LogP contribution in [0.2, 0.25) is 0 Å². The molecule has 2 aliphatic rings. The lowest BCUT2D eigenvalue weighted by atomic mass is 10.1. The zero-order valence-electron chi connectivity index (χ0n) is 15.6. The fourth-order valence-corrected chi connectivity index (χ4v) is 3.38. The van der Waals surface area contributed by atoms with E-state index in [2.05, 4.69) is 5.32 Å². The lowest BCUT2D eigenvalue weighted by molar-refractivity contribution is -0.129. The lowest BCUT2D eigenvalue weighted by Gasteiger charge is -2.16. The molecule has 0 bridgehead atoms. The predicted octanol–water partition coefficient (Wildman–Crippen LogP) is 3.49. The Kier molecular flexibility index (Phi) is 5.28. The number of nitrogens with zero attached hydrogens (tertiary/aromatic N) is 1. The first-order chi connectivity index (χ1) is 13.6. The van der Waals surface area contributed by atoms with Crippen LogP contribution in [0.1, 0.15) is 24.8 Å². The number of carbonyl (C=O) groups is 2. The number of ether oxygens (including phenoxy) is 1. The molecule has 1 N–H and O–H groups in total. The van der Waals surface area contributed by atoms with Crippen LogP contribution >= 0.6 is 0 Å². The van der Waals surface area contributed by atoms with Crippen LogP contribution in [0, 0.1) is 17.7 Å². The molecule has 28 heavy (non-hydrogen) atoms. The zero-order valence-corrected chi connectivity index (χ0v) is 15.6. The Labute approximate surface area is 163 Å². The molecule has 4 rings (SSSR count). The van der Waals surface area contributed by atoms with Crippen LogP contribution in [0.5, 0.6) is 11.5 Å². The van der Waals surface area contributed by atoms with Gasteiger partial charge < -0.3 is 15.0 Å². The quantitative estimate of drug-likeness (QED) is 0.797. The molecular formula is C22H23FN2O3. The van der Waals surface area contributed by atoms with Gasteiger partial charge in [0, 0.05) is 26.1 Å². The summed E-state index contributed by atoms with van der Waals surface area (Å²) < 4.78 is 18.6. The summed E-state index contributed by atoms with van der Waals surface area (Å²) in [4.78, 5) is 26.3. The molecule has 0 spiro atoms. The van der Waals surface area contributed by atoms with Crippen LogP contribution in [-0.4, -0.2) is 29.8 Å². The SMILES string of the molecule is O=C(NCc1ccc(Oc2ccc(F)cc2)cc1)C1CC(=O)N(CC2CC2)C1. The Morgan fingerprint density at radius 1 is 1.07 bits per heavy atom. The monoisotopic (exact) mass is 382 g/mol. The number of likely N-dealkylation sites (tertiary alicyclic amines) is 1. The Balaban J connectivity index is 1.26. The largest absolute Gasteiger partial charge is 0.457 e. The summed E-state index contributed by atoms with van der Waals surface area (Å²) in [7, 11) is 0. The zero-order chi connectivity index (χ0) is 19.5. The van der Waals surface area contributed by atoms with Crippen molar-refractivity contribution in [2.45, 2.75) is 25.8 Å². The second kappa shape index (κ2) is 8.00. The molecule has 1 atom stereocenters. The molecule has 2 aromatic carbocycles. The average molecular weight is 382 g/mol. The molecule has 5 nitrogen and oxygen atoms in total. The van der Waals surface area contributed by atoms with Crippen molar-refractivity contribution in [3.63, 3.8) is 0 Å². The van der Waals surface area contributed by atoms with Crippen LogP contribution in [0.4, 0.5) is 4.39 Å². The lowest BCUT2D eigenvalue weighted by Crippen LogP contribution is -2.33. The summed E-state index contributed by atoms with van der Waals surface area (Å²) >= 11 is 0. The van der Waals surface area contributed by atoms with E-state index < -0.39 is 0 Å². The van der Waals surface area contributed by atoms with E-state index in [0.29, 0.717) is 36.9 Å². The molecule has 1 saturated carbocycles. The number of amides is 2. The summed E-state index contributed by atoms with van der Waals surface area (Å²) in [5.41, 5.74) is 0.943. The van der Waals surface area contributed by atoms with Gasteiger partial charge in [0.05, 0.1) is 5.92 Å². The van der Waals surface area contributed by atoms with Gasteiger partial charge in [-0.15, -0.1) is 0 Å². The second-order valence-corrected chi connectivity index (χ2v) is 7.56. The van der Waals surface area contributed by atoms with E-state index in [1.807, 2.05) is 17.0 Å². The van der Waals surface area contributed by atoms with Gasteiger partial charge in [0.1, 0.15) is 17.3 Å². The van der Waals surface area contributed by atoms with Crippen molar-refractivity contribution >= 4 is 11.8 Å². The number of carbonyl (C=O) groups excluding carboxylic acids is 2. The maximum Gasteiger partial charge on any atom is 0.225 e. The number of hydrogen-bond donors (Lipinski definition) is 1. The number of hydrogen-bond acceptors (Lipinski definition) is 3. The van der Waals surface area contributed by atoms with Crippen molar-refractivity contribution in [2.75, 3.05) is 13.1 Å². The average Bonchev–Trinajstić information content (AvgIpc) is 3.44. The van der Waals surface area contributed by atoms with Gasteiger partial charge in [-0.25, -0.2) is 4.39 Å². The Bertz CT molecular complexity index is 847. The summed E-state index contributed by atoms with van der Waals surface area (Å²) in [5.74, 6) is 1.29. The first-order valence-corrected chi connectivity index (χ1v) is 9.64. The van der Waals surface area contributed by atoms with Crippen LogP contribution in [0.25, 0.3) is 0 Å². The van der Waals surface area contributed by atoms with E-state index >= 15 is 0 Å². The van der Waals surface area contributed by atoms with Crippen molar-refractivity contribution in [2.24, 2.45) is 11.8 Å². The van der Waals surface area contributed by atoms with E-state index in [1.54, 1.807) is 24.3 Å². The number of halogens is 1. The molecule has 0 aromatic heterocycles. The van der Waals surface area contributed by atoms with Crippen LogP contribution < -0.4 is 10.1 Å². The second-order valence-electron chi connectivity index (χ2n) is 7.56. The number of rotatable bonds is 7. The van der Waals surface area contributed by atoms with E-state index in [9.17, 15) is 14.0 Å². The van der Waals surface area contributed by atoms with Gasteiger partial charge in [-0.2, -0.15) is 0 Å². The highest BCUT2D eigenvalue weighted by Gasteiger charge is 2.36. The molecule has 0 radical (unpaired) electrons. The molecule has 2 aromatic rings. The van der Waals surface area contributed by atoms with Crippen molar-refractivity contribution < 1.29 is 18.7 Å². The third-order valence-corrected chi connectivity index (χ3v) is 5.20. The molecule has 1 saturated heterocycles. The normalized spacial score (nSPS) is 19.0. The Morgan fingerprint density at radius 2 is 1.71 bits per heavy atom. The van der Waals surface area contributed by atoms with Crippen molar-refractivity contribution in [1.29, 1.82) is 0 Å². The highest BCUT2D eigenvalue weighted by atomic mass is 19.1. The van der Waals surface area contributed by atoms with Gasteiger partial charge in [0.25, 0.3) is 0 Å². The molecule has 1 heterocycles. The van der Waals surface area contributed by atoms with Gasteiger partial charge >= 0.3 is 0 Å². The van der Waals surface area contributed by atoms with E-state index in [-0.39, 0.29) is 23.5 Å². The van der Waals surface area contributed by atoms with Gasteiger partial charge in [-0.05, 0) is 60.7 Å². The van der Waals surface area contributed by atoms with Crippen molar-refractivity contribution in [1.82, 2.24) is 10.2 Å². The summed E-state index contributed by atoms with van der Waals surface area (Å²) in [6.07, 6.45) is 2.70. The van der Waals surface area contributed by atoms with Crippen LogP contribution in [0.3, 0.4) is 0 Å². The van der Waals surface area contributed by atoms with E-state index in [4.69, 9.17) is 4.74 Å². The molecule has 146 valence electrons. The highest BCUT2D eigenvalue weighted by Crippen LogP contribution is 2.32. The Morgan fingerprint density at radius 3 is 2.36 bits per heavy atom. The fourth-order valence-electron chi connectivity index (χ4n) is 3.38. The van der Waals surface area contributed by atoms with E-state index in [1.165, 1.54) is 25.0 Å². The predicted molar refractivity (Wildman–Crippen MR) is 102 cm³/mol. The Hall–Kier alpha value is -2.89. The first kappa shape index (κ1) is 18.5. The first-order valence-electron chi connectivity index (χ1n) is 9.64. The van der Waals surface area contributed by atoms with Gasteiger partial charge in [0.2, 0.25) is 11.8 Å². The fraction of sp³-hybridized carbons (Fsp3) is 0.364. The molecular weight excluding hydrogens is 359 g/mol. The third kappa shape index (κ3) is 4.68.